The summed E-state index contributed by atoms with van der Waals surface area (Å²) < 4.78 is 5.57. The summed E-state index contributed by atoms with van der Waals surface area (Å²) in [5, 5.41) is 1.71. The van der Waals surface area contributed by atoms with Crippen LogP contribution in [0.1, 0.15) is 24.8 Å². The van der Waals surface area contributed by atoms with Crippen molar-refractivity contribution in [1.29, 1.82) is 0 Å². The van der Waals surface area contributed by atoms with Gasteiger partial charge in [0.1, 0.15) is 5.76 Å². The van der Waals surface area contributed by atoms with Crippen molar-refractivity contribution in [3.63, 3.8) is 0 Å². The van der Waals surface area contributed by atoms with Gasteiger partial charge in [-0.2, -0.15) is 0 Å². The van der Waals surface area contributed by atoms with Crippen LogP contribution in [0, 0.1) is 0 Å². The van der Waals surface area contributed by atoms with Gasteiger partial charge in [0.25, 0.3) is 5.91 Å². The summed E-state index contributed by atoms with van der Waals surface area (Å²) in [7, 11) is 0. The number of nitrogens with zero attached hydrogens (tertiary/aromatic N) is 2. The van der Waals surface area contributed by atoms with E-state index in [4.69, 9.17) is 4.42 Å². The molecule has 0 saturated carbocycles. The number of anilines is 1. The minimum atomic E-state index is -0.166. The average Bonchev–Trinajstić information content (AvgIpc) is 3.21. The first-order valence-electron chi connectivity index (χ1n) is 7.28. The van der Waals surface area contributed by atoms with E-state index in [1.807, 2.05) is 42.5 Å². The molecule has 2 atom stereocenters. The van der Waals surface area contributed by atoms with E-state index in [1.54, 1.807) is 11.3 Å². The number of fused-ring (bicyclic) bond motifs is 1. The number of rotatable bonds is 3. The van der Waals surface area contributed by atoms with Crippen LogP contribution in [0.4, 0.5) is 5.69 Å². The first-order valence-corrected chi connectivity index (χ1v) is 7.28. The summed E-state index contributed by atoms with van der Waals surface area (Å²) in [5.74, 6) is 0.925. The van der Waals surface area contributed by atoms with E-state index in [0.29, 0.717) is 0 Å². The summed E-state index contributed by atoms with van der Waals surface area (Å²) >= 11 is 0. The standard InChI is InChI=1S/C16H17N3O2/c20-16-13-8-4-10-18(13)15(14-9-5-11-21-14)19(16)17-12-6-2-1-3-7-12/h1-3,5-7,9,11,13,15,17H,4,8,10H2/t13-,15+/m0/s1. The first-order chi connectivity index (χ1) is 10.3. The van der Waals surface area contributed by atoms with Crippen molar-refractivity contribution in [2.24, 2.45) is 0 Å². The third-order valence-corrected chi connectivity index (χ3v) is 4.20. The maximum Gasteiger partial charge on any atom is 0.260 e. The van der Waals surface area contributed by atoms with Crippen molar-refractivity contribution in [2.75, 3.05) is 12.0 Å². The van der Waals surface area contributed by atoms with Crippen LogP contribution < -0.4 is 5.43 Å². The smallest absolute Gasteiger partial charge is 0.260 e. The number of amides is 1. The molecule has 1 amide bonds. The summed E-state index contributed by atoms with van der Waals surface area (Å²) in [6.07, 6.45) is 3.47. The molecule has 0 bridgehead atoms. The number of benzene rings is 1. The SMILES string of the molecule is O=C1[C@@H]2CCCN2[C@@H](c2ccco2)N1Nc1ccccc1. The molecule has 5 nitrogen and oxygen atoms in total. The molecule has 2 fully saturated rings. The fourth-order valence-electron chi connectivity index (χ4n) is 3.27. The van der Waals surface area contributed by atoms with Crippen LogP contribution in [0.15, 0.2) is 53.1 Å². The van der Waals surface area contributed by atoms with Gasteiger partial charge in [0.15, 0.2) is 6.17 Å². The fraction of sp³-hybridized carbons (Fsp3) is 0.312. The Morgan fingerprint density at radius 2 is 2.00 bits per heavy atom. The minimum absolute atomic E-state index is 0.0312. The molecule has 0 spiro atoms. The van der Waals surface area contributed by atoms with Crippen LogP contribution in [0.3, 0.4) is 0 Å². The molecule has 21 heavy (non-hydrogen) atoms. The lowest BCUT2D eigenvalue weighted by atomic mass is 10.2. The highest BCUT2D eigenvalue weighted by atomic mass is 16.3. The summed E-state index contributed by atoms with van der Waals surface area (Å²) in [6, 6.07) is 13.5. The number of furan rings is 1. The zero-order valence-corrected chi connectivity index (χ0v) is 11.6. The van der Waals surface area contributed by atoms with E-state index in [9.17, 15) is 4.79 Å². The molecular weight excluding hydrogens is 266 g/mol. The van der Waals surface area contributed by atoms with E-state index in [-0.39, 0.29) is 18.1 Å². The summed E-state index contributed by atoms with van der Waals surface area (Å²) in [5.41, 5.74) is 4.15. The van der Waals surface area contributed by atoms with E-state index >= 15 is 0 Å². The van der Waals surface area contributed by atoms with Gasteiger partial charge in [0.2, 0.25) is 0 Å². The Bertz CT molecular complexity index is 626. The second kappa shape index (κ2) is 4.93. The molecule has 0 unspecified atom stereocenters. The van der Waals surface area contributed by atoms with Crippen molar-refractivity contribution < 1.29 is 9.21 Å². The topological polar surface area (TPSA) is 48.7 Å². The Hall–Kier alpha value is -2.27. The molecule has 5 heteroatoms. The molecule has 1 aromatic carbocycles. The molecule has 0 aliphatic carbocycles. The summed E-state index contributed by atoms with van der Waals surface area (Å²) in [4.78, 5) is 14.9. The van der Waals surface area contributed by atoms with Gasteiger partial charge in [-0.3, -0.25) is 15.1 Å². The van der Waals surface area contributed by atoms with Crippen LogP contribution in [0.5, 0.6) is 0 Å². The zero-order valence-electron chi connectivity index (χ0n) is 11.6. The van der Waals surface area contributed by atoms with E-state index in [1.165, 1.54) is 0 Å². The van der Waals surface area contributed by atoms with Gasteiger partial charge in [-0.05, 0) is 37.1 Å². The van der Waals surface area contributed by atoms with Crippen LogP contribution in [0.2, 0.25) is 0 Å². The zero-order chi connectivity index (χ0) is 14.2. The first kappa shape index (κ1) is 12.5. The van der Waals surface area contributed by atoms with Crippen molar-refractivity contribution >= 4 is 11.6 Å². The minimum Gasteiger partial charge on any atom is -0.466 e. The van der Waals surface area contributed by atoms with Gasteiger partial charge in [-0.15, -0.1) is 0 Å². The predicted molar refractivity (Wildman–Crippen MR) is 78.1 cm³/mol. The van der Waals surface area contributed by atoms with Gasteiger partial charge in [0, 0.05) is 6.54 Å². The molecule has 2 aromatic rings. The van der Waals surface area contributed by atoms with Gasteiger partial charge in [0.05, 0.1) is 18.0 Å². The number of hydrogen-bond acceptors (Lipinski definition) is 4. The van der Waals surface area contributed by atoms with Crippen LogP contribution >= 0.6 is 0 Å². The van der Waals surface area contributed by atoms with Crippen LogP contribution in [-0.2, 0) is 4.79 Å². The molecule has 2 saturated heterocycles. The molecule has 4 rings (SSSR count). The third kappa shape index (κ3) is 2.01. The number of nitrogens with one attached hydrogen (secondary N) is 1. The number of carbonyl (C=O) groups is 1. The van der Waals surface area contributed by atoms with Gasteiger partial charge >= 0.3 is 0 Å². The number of para-hydroxylation sites is 1. The highest BCUT2D eigenvalue weighted by Gasteiger charge is 2.50. The van der Waals surface area contributed by atoms with Crippen LogP contribution in [0.25, 0.3) is 0 Å². The van der Waals surface area contributed by atoms with Crippen molar-refractivity contribution in [3.05, 3.63) is 54.5 Å². The second-order valence-corrected chi connectivity index (χ2v) is 5.47. The number of carbonyl (C=O) groups excluding carboxylic acids is 1. The highest BCUT2D eigenvalue weighted by Crippen LogP contribution is 2.39. The third-order valence-electron chi connectivity index (χ3n) is 4.20. The van der Waals surface area contributed by atoms with Crippen LogP contribution in [-0.4, -0.2) is 28.4 Å². The van der Waals surface area contributed by atoms with Gasteiger partial charge in [-0.25, -0.2) is 5.01 Å². The van der Waals surface area contributed by atoms with Crippen molar-refractivity contribution in [2.45, 2.75) is 25.0 Å². The maximum atomic E-state index is 12.7. The molecule has 108 valence electrons. The lowest BCUT2D eigenvalue weighted by Gasteiger charge is -2.28. The molecule has 1 aromatic heterocycles. The highest BCUT2D eigenvalue weighted by molar-refractivity contribution is 5.86. The maximum absolute atomic E-state index is 12.7. The van der Waals surface area contributed by atoms with Gasteiger partial charge < -0.3 is 4.42 Å². The molecule has 1 N–H and O–H groups in total. The van der Waals surface area contributed by atoms with E-state index < -0.39 is 0 Å². The molecule has 2 aliphatic heterocycles. The molecular formula is C16H17N3O2. The van der Waals surface area contributed by atoms with Gasteiger partial charge in [-0.1, -0.05) is 18.2 Å². The van der Waals surface area contributed by atoms with E-state index in [2.05, 4.69) is 10.3 Å². The van der Waals surface area contributed by atoms with Crippen molar-refractivity contribution in [3.8, 4) is 0 Å². The lowest BCUT2D eigenvalue weighted by Crippen LogP contribution is -2.36. The van der Waals surface area contributed by atoms with E-state index in [0.717, 1.165) is 30.8 Å². The normalized spacial score (nSPS) is 25.3. The molecule has 3 heterocycles. The largest absolute Gasteiger partial charge is 0.466 e. The monoisotopic (exact) mass is 283 g/mol. The average molecular weight is 283 g/mol. The fourth-order valence-corrected chi connectivity index (χ4v) is 3.27. The Morgan fingerprint density at radius 3 is 2.76 bits per heavy atom. The molecule has 0 radical (unpaired) electrons. The number of hydrogen-bond donors (Lipinski definition) is 1. The second-order valence-electron chi connectivity index (χ2n) is 5.47. The summed E-state index contributed by atoms with van der Waals surface area (Å²) in [6.45, 7) is 0.925. The predicted octanol–water partition coefficient (Wildman–Crippen LogP) is 2.61. The Balaban J connectivity index is 1.68. The lowest BCUT2D eigenvalue weighted by molar-refractivity contribution is -0.129. The number of hydrazine groups is 1. The quantitative estimate of drug-likeness (QED) is 0.940. The Morgan fingerprint density at radius 1 is 1.14 bits per heavy atom. The van der Waals surface area contributed by atoms with Crippen molar-refractivity contribution in [1.82, 2.24) is 9.91 Å². The Labute approximate surface area is 123 Å². The Kier molecular flexibility index (Phi) is 2.93. The molecule has 2 aliphatic rings.